The molecular weight excluding hydrogens is 268 g/mol. The van der Waals surface area contributed by atoms with Crippen molar-refractivity contribution >= 4 is 0 Å². The van der Waals surface area contributed by atoms with Gasteiger partial charge in [-0.05, 0) is 44.1 Å². The van der Waals surface area contributed by atoms with Crippen LogP contribution in [0.15, 0.2) is 12.1 Å². The predicted molar refractivity (Wildman–Crippen MR) is 83.5 cm³/mol. The molecule has 0 spiro atoms. The van der Waals surface area contributed by atoms with Crippen LogP contribution in [0.3, 0.4) is 0 Å². The van der Waals surface area contributed by atoms with Crippen molar-refractivity contribution in [2.45, 2.75) is 25.4 Å². The van der Waals surface area contributed by atoms with Crippen molar-refractivity contribution < 1.29 is 14.2 Å². The Morgan fingerprint density at radius 3 is 2.29 bits per heavy atom. The largest absolute Gasteiger partial charge is 0.493 e. The number of piperidine rings is 1. The first-order valence-corrected chi connectivity index (χ1v) is 7.39. The van der Waals surface area contributed by atoms with E-state index in [1.54, 1.807) is 21.3 Å². The molecule has 0 saturated carbocycles. The van der Waals surface area contributed by atoms with Crippen LogP contribution in [-0.4, -0.2) is 52.4 Å². The van der Waals surface area contributed by atoms with Gasteiger partial charge in [0.2, 0.25) is 5.75 Å². The molecule has 2 rings (SSSR count). The van der Waals surface area contributed by atoms with E-state index in [0.29, 0.717) is 23.3 Å². The third kappa shape index (κ3) is 3.80. The normalized spacial score (nSPS) is 18.6. The van der Waals surface area contributed by atoms with Crippen LogP contribution in [0.1, 0.15) is 18.4 Å². The molecular formula is C16H26N2O3. The molecule has 1 atom stereocenters. The van der Waals surface area contributed by atoms with E-state index < -0.39 is 0 Å². The second-order valence-corrected chi connectivity index (χ2v) is 5.45. The van der Waals surface area contributed by atoms with E-state index in [1.165, 1.54) is 12.8 Å². The summed E-state index contributed by atoms with van der Waals surface area (Å²) in [5, 5.41) is 3.45. The number of hydrogen-bond donors (Lipinski definition) is 1. The average Bonchev–Trinajstić information content (AvgIpc) is 2.54. The van der Waals surface area contributed by atoms with Crippen molar-refractivity contribution in [3.8, 4) is 17.2 Å². The number of likely N-dealkylation sites (N-methyl/N-ethyl adjacent to an activating group) is 1. The van der Waals surface area contributed by atoms with Crippen LogP contribution in [0, 0.1) is 0 Å². The van der Waals surface area contributed by atoms with Crippen LogP contribution in [0.25, 0.3) is 0 Å². The van der Waals surface area contributed by atoms with E-state index in [4.69, 9.17) is 14.2 Å². The molecule has 0 bridgehead atoms. The van der Waals surface area contributed by atoms with Gasteiger partial charge in [0.15, 0.2) is 11.5 Å². The van der Waals surface area contributed by atoms with E-state index in [0.717, 1.165) is 25.2 Å². The number of nitrogens with one attached hydrogen (secondary N) is 1. The van der Waals surface area contributed by atoms with Crippen LogP contribution in [0.4, 0.5) is 0 Å². The fourth-order valence-corrected chi connectivity index (χ4v) is 2.85. The molecule has 1 aromatic rings. The highest BCUT2D eigenvalue weighted by atomic mass is 16.5. The number of rotatable bonds is 6. The van der Waals surface area contributed by atoms with Gasteiger partial charge >= 0.3 is 0 Å². The number of nitrogens with zero attached hydrogens (tertiary/aromatic N) is 1. The third-order valence-electron chi connectivity index (χ3n) is 4.05. The van der Waals surface area contributed by atoms with E-state index in [9.17, 15) is 0 Å². The van der Waals surface area contributed by atoms with Gasteiger partial charge in [0.25, 0.3) is 0 Å². The van der Waals surface area contributed by atoms with Gasteiger partial charge in [-0.2, -0.15) is 0 Å². The van der Waals surface area contributed by atoms with Gasteiger partial charge in [-0.15, -0.1) is 0 Å². The standard InChI is InChI=1S/C16H26N2O3/c1-18(13-6-5-7-17-10-13)11-12-8-14(19-2)16(21-4)15(9-12)20-3/h8-9,13,17H,5-7,10-11H2,1-4H3. The maximum atomic E-state index is 5.41. The Morgan fingerprint density at radius 1 is 1.14 bits per heavy atom. The number of methoxy groups -OCH3 is 3. The van der Waals surface area contributed by atoms with Crippen molar-refractivity contribution in [1.82, 2.24) is 10.2 Å². The summed E-state index contributed by atoms with van der Waals surface area (Å²) in [6, 6.07) is 4.63. The third-order valence-corrected chi connectivity index (χ3v) is 4.05. The van der Waals surface area contributed by atoms with Crippen LogP contribution < -0.4 is 19.5 Å². The topological polar surface area (TPSA) is 43.0 Å². The van der Waals surface area contributed by atoms with Gasteiger partial charge in [0.05, 0.1) is 21.3 Å². The molecule has 0 radical (unpaired) electrons. The summed E-state index contributed by atoms with van der Waals surface area (Å²) in [4.78, 5) is 2.38. The monoisotopic (exact) mass is 294 g/mol. The fourth-order valence-electron chi connectivity index (χ4n) is 2.85. The second kappa shape index (κ2) is 7.52. The van der Waals surface area contributed by atoms with E-state index in [-0.39, 0.29) is 0 Å². The summed E-state index contributed by atoms with van der Waals surface area (Å²) in [6.07, 6.45) is 2.48. The Hall–Kier alpha value is -1.46. The quantitative estimate of drug-likeness (QED) is 0.868. The molecule has 118 valence electrons. The minimum absolute atomic E-state index is 0.581. The Kier molecular flexibility index (Phi) is 5.70. The molecule has 21 heavy (non-hydrogen) atoms. The van der Waals surface area contributed by atoms with Crippen molar-refractivity contribution in [1.29, 1.82) is 0 Å². The fraction of sp³-hybridized carbons (Fsp3) is 0.625. The van der Waals surface area contributed by atoms with Gasteiger partial charge in [0.1, 0.15) is 0 Å². The molecule has 1 heterocycles. The predicted octanol–water partition coefficient (Wildman–Crippen LogP) is 1.90. The Morgan fingerprint density at radius 2 is 1.81 bits per heavy atom. The van der Waals surface area contributed by atoms with Gasteiger partial charge in [-0.3, -0.25) is 4.90 Å². The number of hydrogen-bond acceptors (Lipinski definition) is 5. The SMILES string of the molecule is COc1cc(CN(C)C2CCCNC2)cc(OC)c1OC. The van der Waals surface area contributed by atoms with E-state index in [2.05, 4.69) is 17.3 Å². The molecule has 5 nitrogen and oxygen atoms in total. The van der Waals surface area contributed by atoms with Crippen LogP contribution in [0.5, 0.6) is 17.2 Å². The summed E-state index contributed by atoms with van der Waals surface area (Å²) in [5.41, 5.74) is 1.16. The molecule has 1 N–H and O–H groups in total. The minimum Gasteiger partial charge on any atom is -0.493 e. The molecule has 1 aromatic carbocycles. The average molecular weight is 294 g/mol. The Balaban J connectivity index is 2.15. The zero-order valence-corrected chi connectivity index (χ0v) is 13.4. The molecule has 1 unspecified atom stereocenters. The van der Waals surface area contributed by atoms with Gasteiger partial charge in [-0.25, -0.2) is 0 Å². The molecule has 1 aliphatic rings. The molecule has 0 amide bonds. The lowest BCUT2D eigenvalue weighted by molar-refractivity contribution is 0.195. The Bertz CT molecular complexity index is 434. The molecule has 0 aliphatic carbocycles. The van der Waals surface area contributed by atoms with Crippen molar-refractivity contribution in [2.75, 3.05) is 41.5 Å². The van der Waals surface area contributed by atoms with Crippen molar-refractivity contribution in [2.24, 2.45) is 0 Å². The number of benzene rings is 1. The highest BCUT2D eigenvalue weighted by molar-refractivity contribution is 5.53. The molecule has 1 saturated heterocycles. The lowest BCUT2D eigenvalue weighted by Crippen LogP contribution is -2.43. The van der Waals surface area contributed by atoms with Gasteiger partial charge in [0, 0.05) is 19.1 Å². The molecule has 1 aliphatic heterocycles. The maximum Gasteiger partial charge on any atom is 0.203 e. The first-order valence-electron chi connectivity index (χ1n) is 7.39. The second-order valence-electron chi connectivity index (χ2n) is 5.45. The first kappa shape index (κ1) is 15.9. The smallest absolute Gasteiger partial charge is 0.203 e. The van der Waals surface area contributed by atoms with E-state index >= 15 is 0 Å². The zero-order chi connectivity index (χ0) is 15.2. The van der Waals surface area contributed by atoms with Crippen LogP contribution in [0.2, 0.25) is 0 Å². The van der Waals surface area contributed by atoms with Crippen molar-refractivity contribution in [3.63, 3.8) is 0 Å². The van der Waals surface area contributed by atoms with Crippen LogP contribution in [-0.2, 0) is 6.54 Å². The zero-order valence-electron chi connectivity index (χ0n) is 13.4. The summed E-state index contributed by atoms with van der Waals surface area (Å²) >= 11 is 0. The highest BCUT2D eigenvalue weighted by Gasteiger charge is 2.19. The summed E-state index contributed by atoms with van der Waals surface area (Å²) in [7, 11) is 7.09. The number of ether oxygens (including phenoxy) is 3. The minimum atomic E-state index is 0.581. The van der Waals surface area contributed by atoms with Gasteiger partial charge in [-0.1, -0.05) is 0 Å². The lowest BCUT2D eigenvalue weighted by atomic mass is 10.1. The summed E-state index contributed by atoms with van der Waals surface area (Å²) in [5.74, 6) is 2.06. The van der Waals surface area contributed by atoms with Crippen molar-refractivity contribution in [3.05, 3.63) is 17.7 Å². The Labute approximate surface area is 127 Å². The maximum absolute atomic E-state index is 5.41. The van der Waals surface area contributed by atoms with Crippen LogP contribution >= 0.6 is 0 Å². The van der Waals surface area contributed by atoms with Gasteiger partial charge < -0.3 is 19.5 Å². The molecule has 5 heteroatoms. The summed E-state index contributed by atoms with van der Waals surface area (Å²) in [6.45, 7) is 3.05. The molecule has 0 aromatic heterocycles. The first-order chi connectivity index (χ1) is 10.2. The van der Waals surface area contributed by atoms with E-state index in [1.807, 2.05) is 12.1 Å². The summed E-state index contributed by atoms with van der Waals surface area (Å²) < 4.78 is 16.2. The molecule has 1 fully saturated rings. The highest BCUT2D eigenvalue weighted by Crippen LogP contribution is 2.38. The lowest BCUT2D eigenvalue weighted by Gasteiger charge is -2.31.